The highest BCUT2D eigenvalue weighted by molar-refractivity contribution is 6.08. The summed E-state index contributed by atoms with van der Waals surface area (Å²) in [5, 5.41) is 14.3. The Morgan fingerprint density at radius 1 is 1.23 bits per heavy atom. The quantitative estimate of drug-likeness (QED) is 0.247. The van der Waals surface area contributed by atoms with Gasteiger partial charge >= 0.3 is 12.1 Å². The number of nitrogens with one attached hydrogen (secondary N) is 2. The molecule has 0 spiro atoms. The minimum Gasteiger partial charge on any atom is -0.456 e. The lowest BCUT2D eigenvalue weighted by Gasteiger charge is -2.15. The summed E-state index contributed by atoms with van der Waals surface area (Å²) >= 11 is 0. The minimum absolute atomic E-state index is 0.287. The number of aromatic nitrogens is 1. The highest BCUT2D eigenvalue weighted by Gasteiger charge is 2.33. The van der Waals surface area contributed by atoms with Gasteiger partial charge in [0, 0.05) is 28.7 Å². The van der Waals surface area contributed by atoms with Crippen LogP contribution in [0.1, 0.15) is 22.8 Å². The van der Waals surface area contributed by atoms with Crippen molar-refractivity contribution in [1.82, 2.24) is 4.98 Å². The average Bonchev–Trinajstić information content (AvgIpc) is 3.15. The van der Waals surface area contributed by atoms with E-state index in [1.807, 2.05) is 0 Å². The van der Waals surface area contributed by atoms with E-state index in [0.717, 1.165) is 11.6 Å². The van der Waals surface area contributed by atoms with Crippen molar-refractivity contribution in [1.29, 1.82) is 0 Å². The number of Topliss-reactive ketones (excluding diaryl/α,β-unsaturated/α-hetero) is 1. The fourth-order valence-corrected chi connectivity index (χ4v) is 2.91. The van der Waals surface area contributed by atoms with Crippen LogP contribution in [0.2, 0.25) is 0 Å². The molecule has 11 heteroatoms. The molecule has 2 aromatic carbocycles. The Hall–Kier alpha value is -3.89. The van der Waals surface area contributed by atoms with Gasteiger partial charge in [-0.15, -0.1) is 0 Å². The van der Waals surface area contributed by atoms with Gasteiger partial charge in [-0.05, 0) is 25.1 Å². The molecule has 3 rings (SSSR count). The second-order valence-electron chi connectivity index (χ2n) is 6.63. The van der Waals surface area contributed by atoms with E-state index < -0.39 is 46.8 Å². The lowest BCUT2D eigenvalue weighted by atomic mass is 10.1. The third-order valence-corrected chi connectivity index (χ3v) is 4.48. The Bertz CT molecular complexity index is 1160. The maximum absolute atomic E-state index is 12.8. The molecule has 0 radical (unpaired) electrons. The Kier molecular flexibility index (Phi) is 5.95. The highest BCUT2D eigenvalue weighted by Crippen LogP contribution is 2.35. The minimum atomic E-state index is -4.75. The predicted octanol–water partition coefficient (Wildman–Crippen LogP) is 4.32. The summed E-state index contributed by atoms with van der Waals surface area (Å²) in [5.74, 6) is -1.36. The third-order valence-electron chi connectivity index (χ3n) is 4.48. The predicted molar refractivity (Wildman–Crippen MR) is 105 cm³/mol. The van der Waals surface area contributed by atoms with Crippen LogP contribution in [0.25, 0.3) is 10.9 Å². The number of hydrogen-bond acceptors (Lipinski definition) is 6. The number of alkyl halides is 3. The van der Waals surface area contributed by atoms with E-state index >= 15 is 0 Å². The second kappa shape index (κ2) is 8.46. The van der Waals surface area contributed by atoms with Crippen molar-refractivity contribution in [2.24, 2.45) is 0 Å². The van der Waals surface area contributed by atoms with Crippen LogP contribution in [0.15, 0.2) is 48.7 Å². The first-order chi connectivity index (χ1) is 14.6. The molecule has 0 saturated carbocycles. The van der Waals surface area contributed by atoms with Crippen molar-refractivity contribution in [2.45, 2.75) is 19.1 Å². The van der Waals surface area contributed by atoms with Crippen LogP contribution < -0.4 is 5.32 Å². The largest absolute Gasteiger partial charge is 0.456 e. The number of aromatic amines is 1. The highest BCUT2D eigenvalue weighted by atomic mass is 19.4. The van der Waals surface area contributed by atoms with Gasteiger partial charge in [-0.1, -0.05) is 18.2 Å². The molecule has 2 N–H and O–H groups in total. The number of hydrogen-bond donors (Lipinski definition) is 2. The second-order valence-corrected chi connectivity index (χ2v) is 6.63. The number of halogens is 3. The van der Waals surface area contributed by atoms with E-state index in [2.05, 4.69) is 10.3 Å². The molecule has 0 fully saturated rings. The molecule has 162 valence electrons. The summed E-state index contributed by atoms with van der Waals surface area (Å²) in [4.78, 5) is 37.6. The lowest BCUT2D eigenvalue weighted by Crippen LogP contribution is -2.30. The number of ketones is 1. The smallest absolute Gasteiger partial charge is 0.416 e. The number of fused-ring (bicyclic) bond motifs is 1. The zero-order valence-electron chi connectivity index (χ0n) is 16.0. The van der Waals surface area contributed by atoms with E-state index in [1.165, 1.54) is 13.1 Å². The molecule has 1 heterocycles. The van der Waals surface area contributed by atoms with Gasteiger partial charge in [0.1, 0.15) is 11.7 Å². The number of ether oxygens (including phenoxy) is 1. The van der Waals surface area contributed by atoms with Gasteiger partial charge in [0.2, 0.25) is 5.78 Å². The number of para-hydroxylation sites is 1. The number of H-pyrrole nitrogens is 1. The molecule has 31 heavy (non-hydrogen) atoms. The van der Waals surface area contributed by atoms with E-state index in [4.69, 9.17) is 4.74 Å². The molecule has 0 unspecified atom stereocenters. The summed E-state index contributed by atoms with van der Waals surface area (Å²) in [5.41, 5.74) is -1.25. The summed E-state index contributed by atoms with van der Waals surface area (Å²) in [6.45, 7) is 0.738. The number of rotatable bonds is 7. The molecule has 0 amide bonds. The van der Waals surface area contributed by atoms with Gasteiger partial charge in [-0.2, -0.15) is 13.2 Å². The van der Waals surface area contributed by atoms with E-state index in [-0.39, 0.29) is 5.69 Å². The Labute approximate surface area is 173 Å². The molecule has 0 aliphatic rings. The molecular formula is C20H16F3N3O5. The van der Waals surface area contributed by atoms with Crippen LogP contribution in [-0.2, 0) is 15.7 Å². The maximum atomic E-state index is 12.8. The van der Waals surface area contributed by atoms with Gasteiger partial charge in [-0.3, -0.25) is 14.9 Å². The number of anilines is 1. The monoisotopic (exact) mass is 435 g/mol. The van der Waals surface area contributed by atoms with Crippen molar-refractivity contribution in [3.63, 3.8) is 0 Å². The van der Waals surface area contributed by atoms with Gasteiger partial charge in [0.25, 0.3) is 5.69 Å². The van der Waals surface area contributed by atoms with Gasteiger partial charge in [0.05, 0.1) is 10.5 Å². The topological polar surface area (TPSA) is 114 Å². The van der Waals surface area contributed by atoms with Crippen molar-refractivity contribution >= 4 is 34.0 Å². The molecule has 0 saturated heterocycles. The number of carbonyl (C=O) groups excluding carboxylic acids is 2. The summed E-state index contributed by atoms with van der Waals surface area (Å²) in [6, 6.07) is 7.79. The summed E-state index contributed by atoms with van der Waals surface area (Å²) in [6.07, 6.45) is -3.26. The van der Waals surface area contributed by atoms with Crippen LogP contribution in [0.4, 0.5) is 24.5 Å². The zero-order valence-corrected chi connectivity index (χ0v) is 16.0. The number of carbonyl (C=O) groups is 2. The molecular weight excluding hydrogens is 419 g/mol. The standard InChI is InChI=1S/C20H16F3N3O5/c1-11(25-16-7-6-12(20(21,22)23)8-17(16)26(29)30)19(28)31-10-18(27)14-9-24-15-5-3-2-4-13(14)15/h2-9,11,24-25H,10H2,1H3/t11-/m1/s1. The Morgan fingerprint density at radius 3 is 2.61 bits per heavy atom. The Balaban J connectivity index is 1.67. The fraction of sp³-hybridized carbons (Fsp3) is 0.200. The number of nitrogens with zero attached hydrogens (tertiary/aromatic N) is 1. The van der Waals surface area contributed by atoms with Gasteiger partial charge in [0.15, 0.2) is 6.61 Å². The molecule has 0 bridgehead atoms. The van der Waals surface area contributed by atoms with Crippen LogP contribution in [0, 0.1) is 10.1 Å². The van der Waals surface area contributed by atoms with E-state index in [0.29, 0.717) is 23.1 Å². The van der Waals surface area contributed by atoms with Crippen molar-refractivity contribution in [3.05, 3.63) is 69.9 Å². The molecule has 8 nitrogen and oxygen atoms in total. The van der Waals surface area contributed by atoms with Crippen LogP contribution >= 0.6 is 0 Å². The first-order valence-corrected chi connectivity index (χ1v) is 8.96. The first kappa shape index (κ1) is 21.8. The Morgan fingerprint density at radius 2 is 1.94 bits per heavy atom. The number of nitro groups is 1. The zero-order chi connectivity index (χ0) is 22.8. The van der Waals surface area contributed by atoms with Gasteiger partial charge < -0.3 is 15.0 Å². The number of esters is 1. The van der Waals surface area contributed by atoms with Crippen molar-refractivity contribution in [3.8, 4) is 0 Å². The first-order valence-electron chi connectivity index (χ1n) is 8.96. The normalized spacial score (nSPS) is 12.4. The third kappa shape index (κ3) is 4.82. The summed E-state index contributed by atoms with van der Waals surface area (Å²) < 4.78 is 43.4. The average molecular weight is 435 g/mol. The van der Waals surface area contributed by atoms with Crippen molar-refractivity contribution < 1.29 is 32.4 Å². The number of benzene rings is 2. The van der Waals surface area contributed by atoms with Crippen molar-refractivity contribution in [2.75, 3.05) is 11.9 Å². The van der Waals surface area contributed by atoms with Crippen LogP contribution in [0.5, 0.6) is 0 Å². The molecule has 1 aromatic heterocycles. The molecule has 1 atom stereocenters. The van der Waals surface area contributed by atoms with E-state index in [1.54, 1.807) is 24.3 Å². The summed E-state index contributed by atoms with van der Waals surface area (Å²) in [7, 11) is 0. The van der Waals surface area contributed by atoms with Gasteiger partial charge in [-0.25, -0.2) is 4.79 Å². The SMILES string of the molecule is C[C@@H](Nc1ccc(C(F)(F)F)cc1[N+](=O)[O-])C(=O)OCC(=O)c1c[nH]c2ccccc12. The molecule has 0 aliphatic carbocycles. The number of nitro benzene ring substituents is 1. The van der Waals surface area contributed by atoms with Crippen LogP contribution in [-0.4, -0.2) is 34.3 Å². The molecule has 3 aromatic rings. The van der Waals surface area contributed by atoms with Crippen LogP contribution in [0.3, 0.4) is 0 Å². The maximum Gasteiger partial charge on any atom is 0.416 e. The fourth-order valence-electron chi connectivity index (χ4n) is 2.91. The molecule has 0 aliphatic heterocycles. The lowest BCUT2D eigenvalue weighted by molar-refractivity contribution is -0.384. The van der Waals surface area contributed by atoms with E-state index in [9.17, 15) is 32.9 Å².